The van der Waals surface area contributed by atoms with Gasteiger partial charge in [0.15, 0.2) is 0 Å². The van der Waals surface area contributed by atoms with Crippen LogP contribution in [0.25, 0.3) is 0 Å². The molecule has 1 saturated heterocycles. The summed E-state index contributed by atoms with van der Waals surface area (Å²) in [6.45, 7) is 5.93. The second kappa shape index (κ2) is 6.38. The summed E-state index contributed by atoms with van der Waals surface area (Å²) >= 11 is 3.46. The van der Waals surface area contributed by atoms with Crippen LogP contribution in [0.1, 0.15) is 12.0 Å². The number of hydrogen-bond donors (Lipinski definition) is 1. The fourth-order valence-electron chi connectivity index (χ4n) is 2.06. The van der Waals surface area contributed by atoms with Crippen LogP contribution in [0.5, 0.6) is 0 Å². The predicted molar refractivity (Wildman–Crippen MR) is 71.8 cm³/mol. The molecule has 1 aromatic rings. The highest BCUT2D eigenvalue weighted by Gasteiger charge is 2.07. The van der Waals surface area contributed by atoms with Crippen molar-refractivity contribution in [2.45, 2.75) is 12.8 Å². The Labute approximate surface area is 106 Å². The third kappa shape index (κ3) is 3.89. The molecule has 1 aliphatic heterocycles. The molecule has 0 radical (unpaired) electrons. The molecule has 0 amide bonds. The number of nitrogens with one attached hydrogen (secondary N) is 1. The first-order valence-corrected chi connectivity index (χ1v) is 6.81. The van der Waals surface area contributed by atoms with Crippen molar-refractivity contribution >= 4 is 15.9 Å². The third-order valence-electron chi connectivity index (χ3n) is 3.06. The van der Waals surface area contributed by atoms with Gasteiger partial charge in [0.25, 0.3) is 0 Å². The maximum atomic E-state index is 3.46. The van der Waals surface area contributed by atoms with Crippen molar-refractivity contribution in [3.8, 4) is 0 Å². The lowest BCUT2D eigenvalue weighted by Gasteiger charge is -2.19. The van der Waals surface area contributed by atoms with E-state index in [0.717, 1.165) is 17.4 Å². The fraction of sp³-hybridized carbons (Fsp3) is 0.538. The van der Waals surface area contributed by atoms with Crippen LogP contribution in [-0.2, 0) is 6.42 Å². The van der Waals surface area contributed by atoms with E-state index in [1.807, 2.05) is 0 Å². The summed E-state index contributed by atoms with van der Waals surface area (Å²) < 4.78 is 1.16. The molecule has 2 rings (SSSR count). The number of nitrogens with zero attached hydrogens (tertiary/aromatic N) is 1. The van der Waals surface area contributed by atoms with E-state index in [4.69, 9.17) is 0 Å². The summed E-state index contributed by atoms with van der Waals surface area (Å²) in [5.41, 5.74) is 1.43. The van der Waals surface area contributed by atoms with Gasteiger partial charge in [-0.3, -0.25) is 0 Å². The van der Waals surface area contributed by atoms with Crippen LogP contribution in [0.4, 0.5) is 0 Å². The predicted octanol–water partition coefficient (Wildman–Crippen LogP) is 2.29. The molecular weight excluding hydrogens is 264 g/mol. The molecule has 0 atom stereocenters. The highest BCUT2D eigenvalue weighted by Crippen LogP contribution is 2.11. The Bertz CT molecular complexity index is 302. The molecule has 0 aliphatic carbocycles. The van der Waals surface area contributed by atoms with E-state index in [1.54, 1.807) is 0 Å². The van der Waals surface area contributed by atoms with Gasteiger partial charge in [-0.05, 0) is 43.6 Å². The van der Waals surface area contributed by atoms with Gasteiger partial charge in [0.2, 0.25) is 0 Å². The molecule has 1 fully saturated rings. The fourth-order valence-corrected chi connectivity index (χ4v) is 2.33. The van der Waals surface area contributed by atoms with Crippen LogP contribution in [0, 0.1) is 0 Å². The summed E-state index contributed by atoms with van der Waals surface area (Å²) in [4.78, 5) is 2.56. The van der Waals surface area contributed by atoms with Crippen molar-refractivity contribution in [1.29, 1.82) is 0 Å². The third-order valence-corrected chi connectivity index (χ3v) is 3.59. The number of benzene rings is 1. The minimum atomic E-state index is 1.14. The zero-order valence-corrected chi connectivity index (χ0v) is 11.2. The van der Waals surface area contributed by atoms with Gasteiger partial charge in [-0.25, -0.2) is 0 Å². The SMILES string of the molecule is Brc1ccc(CCN2CCCNCC2)cc1. The van der Waals surface area contributed by atoms with Gasteiger partial charge in [-0.1, -0.05) is 28.1 Å². The second-order valence-corrected chi connectivity index (χ2v) is 5.24. The van der Waals surface area contributed by atoms with Gasteiger partial charge in [-0.15, -0.1) is 0 Å². The largest absolute Gasteiger partial charge is 0.315 e. The standard InChI is InChI=1S/C13H19BrN2/c14-13-4-2-12(3-5-13)6-10-16-9-1-7-15-8-11-16/h2-5,15H,1,6-11H2. The maximum Gasteiger partial charge on any atom is 0.0175 e. The van der Waals surface area contributed by atoms with Crippen LogP contribution >= 0.6 is 15.9 Å². The zero-order valence-electron chi connectivity index (χ0n) is 9.58. The first-order valence-electron chi connectivity index (χ1n) is 6.02. The minimum absolute atomic E-state index is 1.14. The minimum Gasteiger partial charge on any atom is -0.315 e. The van der Waals surface area contributed by atoms with Crippen molar-refractivity contribution in [1.82, 2.24) is 10.2 Å². The van der Waals surface area contributed by atoms with Crippen LogP contribution in [-0.4, -0.2) is 37.6 Å². The maximum absolute atomic E-state index is 3.46. The number of halogens is 1. The average molecular weight is 283 g/mol. The Hall–Kier alpha value is -0.380. The topological polar surface area (TPSA) is 15.3 Å². The van der Waals surface area contributed by atoms with Gasteiger partial charge < -0.3 is 10.2 Å². The quantitative estimate of drug-likeness (QED) is 0.915. The molecule has 2 nitrogen and oxygen atoms in total. The van der Waals surface area contributed by atoms with Crippen LogP contribution < -0.4 is 5.32 Å². The van der Waals surface area contributed by atoms with Crippen molar-refractivity contribution in [3.63, 3.8) is 0 Å². The monoisotopic (exact) mass is 282 g/mol. The lowest BCUT2D eigenvalue weighted by Crippen LogP contribution is -2.30. The lowest BCUT2D eigenvalue weighted by atomic mass is 10.1. The average Bonchev–Trinajstić information content (AvgIpc) is 2.57. The molecule has 0 spiro atoms. The van der Waals surface area contributed by atoms with Crippen molar-refractivity contribution in [2.75, 3.05) is 32.7 Å². The van der Waals surface area contributed by atoms with Crippen molar-refractivity contribution < 1.29 is 0 Å². The molecule has 0 aromatic heterocycles. The Kier molecular flexibility index (Phi) is 4.82. The molecule has 1 aromatic carbocycles. The summed E-state index contributed by atoms with van der Waals surface area (Å²) in [6.07, 6.45) is 2.44. The van der Waals surface area contributed by atoms with Gasteiger partial charge in [-0.2, -0.15) is 0 Å². The Morgan fingerprint density at radius 1 is 1.12 bits per heavy atom. The molecule has 1 aliphatic rings. The summed E-state index contributed by atoms with van der Waals surface area (Å²) in [6, 6.07) is 8.67. The van der Waals surface area contributed by atoms with E-state index < -0.39 is 0 Å². The highest BCUT2D eigenvalue weighted by molar-refractivity contribution is 9.10. The van der Waals surface area contributed by atoms with E-state index in [9.17, 15) is 0 Å². The molecule has 1 heterocycles. The summed E-state index contributed by atoms with van der Waals surface area (Å²) in [5.74, 6) is 0. The normalized spacial score (nSPS) is 18.3. The zero-order chi connectivity index (χ0) is 11.2. The molecule has 88 valence electrons. The Morgan fingerprint density at radius 3 is 2.75 bits per heavy atom. The molecule has 0 unspecified atom stereocenters. The van der Waals surface area contributed by atoms with Gasteiger partial charge in [0.1, 0.15) is 0 Å². The molecule has 3 heteroatoms. The molecular formula is C13H19BrN2. The first-order chi connectivity index (χ1) is 7.84. The van der Waals surface area contributed by atoms with Crippen LogP contribution in [0.2, 0.25) is 0 Å². The van der Waals surface area contributed by atoms with Gasteiger partial charge in [0, 0.05) is 24.1 Å². The lowest BCUT2D eigenvalue weighted by molar-refractivity contribution is 0.296. The van der Waals surface area contributed by atoms with E-state index in [2.05, 4.69) is 50.4 Å². The highest BCUT2D eigenvalue weighted by atomic mass is 79.9. The van der Waals surface area contributed by atoms with E-state index in [1.165, 1.54) is 38.2 Å². The smallest absolute Gasteiger partial charge is 0.0175 e. The summed E-state index contributed by atoms with van der Waals surface area (Å²) in [5, 5.41) is 3.43. The molecule has 1 N–H and O–H groups in total. The Balaban J connectivity index is 1.79. The molecule has 0 bridgehead atoms. The first kappa shape index (κ1) is 12.1. The van der Waals surface area contributed by atoms with E-state index >= 15 is 0 Å². The van der Waals surface area contributed by atoms with Gasteiger partial charge >= 0.3 is 0 Å². The van der Waals surface area contributed by atoms with E-state index in [-0.39, 0.29) is 0 Å². The molecule has 0 saturated carbocycles. The second-order valence-electron chi connectivity index (χ2n) is 4.32. The number of hydrogen-bond acceptors (Lipinski definition) is 2. The van der Waals surface area contributed by atoms with Crippen molar-refractivity contribution in [2.24, 2.45) is 0 Å². The Morgan fingerprint density at radius 2 is 1.94 bits per heavy atom. The van der Waals surface area contributed by atoms with Crippen LogP contribution in [0.15, 0.2) is 28.7 Å². The van der Waals surface area contributed by atoms with Crippen molar-refractivity contribution in [3.05, 3.63) is 34.3 Å². The molecule has 16 heavy (non-hydrogen) atoms. The van der Waals surface area contributed by atoms with E-state index in [0.29, 0.717) is 0 Å². The summed E-state index contributed by atoms with van der Waals surface area (Å²) in [7, 11) is 0. The number of rotatable bonds is 3. The van der Waals surface area contributed by atoms with Crippen LogP contribution in [0.3, 0.4) is 0 Å². The van der Waals surface area contributed by atoms with Gasteiger partial charge in [0.05, 0.1) is 0 Å².